The molecule has 6 nitrogen and oxygen atoms in total. The number of hydrogen-bond donors (Lipinski definition) is 2. The molecule has 0 radical (unpaired) electrons. The fourth-order valence-corrected chi connectivity index (χ4v) is 2.62. The molecule has 2 aromatic rings. The third-order valence-corrected chi connectivity index (χ3v) is 4.38. The molecule has 0 unspecified atom stereocenters. The van der Waals surface area contributed by atoms with E-state index in [1.165, 1.54) is 0 Å². The van der Waals surface area contributed by atoms with Crippen molar-refractivity contribution in [3.05, 3.63) is 47.8 Å². The summed E-state index contributed by atoms with van der Waals surface area (Å²) in [5, 5.41) is 10.7. The first kappa shape index (κ1) is 19.0. The number of nitrogens with one attached hydrogen (secondary N) is 2. The lowest BCUT2D eigenvalue weighted by atomic mass is 10.1. The van der Waals surface area contributed by atoms with Gasteiger partial charge in [-0.3, -0.25) is 9.48 Å². The third-order valence-electron chi connectivity index (χ3n) is 4.38. The number of nitrogens with zero attached hydrogens (tertiary/aromatic N) is 2. The Morgan fingerprint density at radius 3 is 2.72 bits per heavy atom. The standard InChI is InChI=1S/C19H28N4O2/c1-13-10-21-23(12-13)16(4)14(2)22-15(3)19(24)20-11-17-7-6-8-18(9-17)25-5/h6-10,12,14-16,22H,11H2,1-5H3,(H,20,24)/t14-,15-,16-/m0/s1. The van der Waals surface area contributed by atoms with Crippen molar-refractivity contribution in [3.63, 3.8) is 0 Å². The second kappa shape index (κ2) is 8.67. The highest BCUT2D eigenvalue weighted by molar-refractivity contribution is 5.81. The van der Waals surface area contributed by atoms with Crippen molar-refractivity contribution in [3.8, 4) is 5.75 Å². The fourth-order valence-electron chi connectivity index (χ4n) is 2.62. The molecule has 25 heavy (non-hydrogen) atoms. The highest BCUT2D eigenvalue weighted by atomic mass is 16.5. The number of carbonyl (C=O) groups excluding carboxylic acids is 1. The lowest BCUT2D eigenvalue weighted by molar-refractivity contribution is -0.123. The van der Waals surface area contributed by atoms with Gasteiger partial charge in [0.25, 0.3) is 0 Å². The molecule has 1 amide bonds. The number of rotatable bonds is 8. The first-order valence-electron chi connectivity index (χ1n) is 8.58. The zero-order valence-corrected chi connectivity index (χ0v) is 15.6. The summed E-state index contributed by atoms with van der Waals surface area (Å²) in [7, 11) is 1.63. The van der Waals surface area contributed by atoms with Gasteiger partial charge in [-0.05, 0) is 51.0 Å². The highest BCUT2D eigenvalue weighted by Crippen LogP contribution is 2.13. The third kappa shape index (κ3) is 5.32. The summed E-state index contributed by atoms with van der Waals surface area (Å²) in [5.41, 5.74) is 2.14. The normalized spacial score (nSPS) is 14.6. The number of ether oxygens (including phenoxy) is 1. The smallest absolute Gasteiger partial charge is 0.237 e. The maximum Gasteiger partial charge on any atom is 0.237 e. The Balaban J connectivity index is 1.84. The molecule has 0 aliphatic rings. The zero-order valence-electron chi connectivity index (χ0n) is 15.6. The Labute approximate surface area is 149 Å². The first-order chi connectivity index (χ1) is 11.9. The van der Waals surface area contributed by atoms with E-state index in [4.69, 9.17) is 4.74 Å². The van der Waals surface area contributed by atoms with Crippen LogP contribution in [0.4, 0.5) is 0 Å². The van der Waals surface area contributed by atoms with Gasteiger partial charge in [-0.15, -0.1) is 0 Å². The van der Waals surface area contributed by atoms with Gasteiger partial charge in [-0.25, -0.2) is 0 Å². The van der Waals surface area contributed by atoms with E-state index in [1.54, 1.807) is 7.11 Å². The second-order valence-electron chi connectivity index (χ2n) is 6.48. The molecule has 0 aliphatic heterocycles. The Hall–Kier alpha value is -2.34. The summed E-state index contributed by atoms with van der Waals surface area (Å²) in [6.07, 6.45) is 3.85. The summed E-state index contributed by atoms with van der Waals surface area (Å²) < 4.78 is 7.12. The summed E-state index contributed by atoms with van der Waals surface area (Å²) in [6.45, 7) is 8.52. The van der Waals surface area contributed by atoms with Crippen molar-refractivity contribution in [2.75, 3.05) is 7.11 Å². The molecule has 0 fully saturated rings. The molecule has 1 aromatic heterocycles. The average molecular weight is 344 g/mol. The summed E-state index contributed by atoms with van der Waals surface area (Å²) in [5.74, 6) is 0.758. The number of methoxy groups -OCH3 is 1. The van der Waals surface area contributed by atoms with Crippen molar-refractivity contribution in [1.29, 1.82) is 0 Å². The van der Waals surface area contributed by atoms with Crippen molar-refractivity contribution in [2.24, 2.45) is 0 Å². The minimum atomic E-state index is -0.292. The molecule has 1 aromatic carbocycles. The van der Waals surface area contributed by atoms with Crippen LogP contribution in [0.15, 0.2) is 36.7 Å². The van der Waals surface area contributed by atoms with Crippen LogP contribution in [0.2, 0.25) is 0 Å². The van der Waals surface area contributed by atoms with E-state index in [-0.39, 0.29) is 24.0 Å². The predicted molar refractivity (Wildman–Crippen MR) is 98.6 cm³/mol. The molecule has 2 N–H and O–H groups in total. The number of hydrogen-bond acceptors (Lipinski definition) is 4. The van der Waals surface area contributed by atoms with Crippen molar-refractivity contribution < 1.29 is 9.53 Å². The number of carbonyl (C=O) groups is 1. The van der Waals surface area contributed by atoms with E-state index in [0.29, 0.717) is 6.54 Å². The van der Waals surface area contributed by atoms with Crippen LogP contribution >= 0.6 is 0 Å². The van der Waals surface area contributed by atoms with Crippen molar-refractivity contribution in [1.82, 2.24) is 20.4 Å². The Morgan fingerprint density at radius 2 is 2.08 bits per heavy atom. The number of aromatic nitrogens is 2. The highest BCUT2D eigenvalue weighted by Gasteiger charge is 2.20. The predicted octanol–water partition coefficient (Wildman–Crippen LogP) is 2.44. The molecule has 2 rings (SSSR count). The monoisotopic (exact) mass is 344 g/mol. The van der Waals surface area contributed by atoms with Crippen LogP contribution in [0.5, 0.6) is 5.75 Å². The van der Waals surface area contributed by atoms with E-state index in [2.05, 4.69) is 29.6 Å². The maximum absolute atomic E-state index is 12.3. The van der Waals surface area contributed by atoms with Gasteiger partial charge in [0.2, 0.25) is 5.91 Å². The topological polar surface area (TPSA) is 68.2 Å². The first-order valence-corrected chi connectivity index (χ1v) is 8.58. The summed E-state index contributed by atoms with van der Waals surface area (Å²) in [4.78, 5) is 12.3. The molecule has 1 heterocycles. The average Bonchev–Trinajstić information content (AvgIpc) is 3.05. The zero-order chi connectivity index (χ0) is 18.4. The van der Waals surface area contributed by atoms with Gasteiger partial charge in [0, 0.05) is 18.8 Å². The number of benzene rings is 1. The van der Waals surface area contributed by atoms with E-state index in [1.807, 2.05) is 55.2 Å². The molecule has 0 spiro atoms. The Kier molecular flexibility index (Phi) is 6.58. The molecule has 6 heteroatoms. The van der Waals surface area contributed by atoms with E-state index < -0.39 is 0 Å². The van der Waals surface area contributed by atoms with E-state index >= 15 is 0 Å². The fraction of sp³-hybridized carbons (Fsp3) is 0.474. The van der Waals surface area contributed by atoms with Crippen molar-refractivity contribution >= 4 is 5.91 Å². The lowest BCUT2D eigenvalue weighted by Crippen LogP contribution is -2.47. The molecular weight excluding hydrogens is 316 g/mol. The molecule has 3 atom stereocenters. The largest absolute Gasteiger partial charge is 0.497 e. The summed E-state index contributed by atoms with van der Waals surface area (Å²) >= 11 is 0. The van der Waals surface area contributed by atoms with Gasteiger partial charge in [0.15, 0.2) is 0 Å². The SMILES string of the molecule is COc1cccc(CNC(=O)[C@H](C)N[C@@H](C)[C@H](C)n2cc(C)cn2)c1. The van der Waals surface area contributed by atoms with Gasteiger partial charge in [0.1, 0.15) is 5.75 Å². The van der Waals surface area contributed by atoms with Crippen LogP contribution in [0.25, 0.3) is 0 Å². The Morgan fingerprint density at radius 1 is 1.32 bits per heavy atom. The number of aryl methyl sites for hydroxylation is 1. The van der Waals surface area contributed by atoms with Crippen LogP contribution in [0, 0.1) is 6.92 Å². The van der Waals surface area contributed by atoms with Gasteiger partial charge in [0.05, 0.1) is 25.4 Å². The molecule has 0 bridgehead atoms. The quantitative estimate of drug-likeness (QED) is 0.772. The minimum absolute atomic E-state index is 0.0292. The van der Waals surface area contributed by atoms with E-state index in [0.717, 1.165) is 16.9 Å². The molecule has 0 aliphatic carbocycles. The van der Waals surface area contributed by atoms with Gasteiger partial charge in [-0.2, -0.15) is 5.10 Å². The van der Waals surface area contributed by atoms with Gasteiger partial charge >= 0.3 is 0 Å². The molecule has 0 saturated carbocycles. The van der Waals surface area contributed by atoms with Crippen LogP contribution in [-0.2, 0) is 11.3 Å². The minimum Gasteiger partial charge on any atom is -0.497 e. The van der Waals surface area contributed by atoms with Crippen LogP contribution in [-0.4, -0.2) is 34.9 Å². The van der Waals surface area contributed by atoms with Crippen LogP contribution in [0.3, 0.4) is 0 Å². The Bertz CT molecular complexity index is 698. The molecule has 136 valence electrons. The number of amides is 1. The lowest BCUT2D eigenvalue weighted by Gasteiger charge is -2.25. The second-order valence-corrected chi connectivity index (χ2v) is 6.48. The van der Waals surface area contributed by atoms with Gasteiger partial charge < -0.3 is 15.4 Å². The molecular formula is C19H28N4O2. The van der Waals surface area contributed by atoms with Gasteiger partial charge in [-0.1, -0.05) is 12.1 Å². The van der Waals surface area contributed by atoms with Crippen LogP contribution in [0.1, 0.15) is 37.9 Å². The van der Waals surface area contributed by atoms with Crippen LogP contribution < -0.4 is 15.4 Å². The van der Waals surface area contributed by atoms with Crippen molar-refractivity contribution in [2.45, 2.75) is 52.4 Å². The maximum atomic E-state index is 12.3. The molecule has 0 saturated heterocycles. The van der Waals surface area contributed by atoms with E-state index in [9.17, 15) is 4.79 Å². The summed E-state index contributed by atoms with van der Waals surface area (Å²) in [6, 6.07) is 7.65.